The molecule has 0 saturated heterocycles. The third-order valence-electron chi connectivity index (χ3n) is 3.67. The molecule has 1 aliphatic carbocycles. The first-order valence-corrected chi connectivity index (χ1v) is 6.59. The normalized spacial score (nSPS) is 16.9. The third kappa shape index (κ3) is 3.10. The summed E-state index contributed by atoms with van der Waals surface area (Å²) in [6.45, 7) is 0. The second-order valence-electron chi connectivity index (χ2n) is 4.95. The Balaban J connectivity index is 2.28. The highest BCUT2D eigenvalue weighted by Gasteiger charge is 2.25. The molecule has 1 saturated carbocycles. The summed E-state index contributed by atoms with van der Waals surface area (Å²) in [7, 11) is 1.85. The van der Waals surface area contributed by atoms with E-state index in [9.17, 15) is 10.1 Å². The molecule has 1 aromatic rings. The van der Waals surface area contributed by atoms with Gasteiger partial charge < -0.3 is 10.6 Å². The van der Waals surface area contributed by atoms with E-state index in [1.165, 1.54) is 19.0 Å². The van der Waals surface area contributed by atoms with Crippen LogP contribution in [0.1, 0.15) is 38.5 Å². The van der Waals surface area contributed by atoms with Crippen LogP contribution in [0.4, 0.5) is 17.5 Å². The molecule has 7 nitrogen and oxygen atoms in total. The molecule has 0 bridgehead atoms. The summed E-state index contributed by atoms with van der Waals surface area (Å²) in [6, 6.07) is 0.287. The highest BCUT2D eigenvalue weighted by Crippen LogP contribution is 2.30. The van der Waals surface area contributed by atoms with Gasteiger partial charge in [-0.1, -0.05) is 25.7 Å². The first-order chi connectivity index (χ1) is 9.09. The maximum atomic E-state index is 11.0. The van der Waals surface area contributed by atoms with Gasteiger partial charge in [-0.05, 0) is 12.8 Å². The lowest BCUT2D eigenvalue weighted by molar-refractivity contribution is -0.384. The molecule has 1 aliphatic rings. The fraction of sp³-hybridized carbons (Fsp3) is 0.667. The molecular formula is C12H19N5O2. The number of nitrogens with zero attached hydrogens (tertiary/aromatic N) is 4. The van der Waals surface area contributed by atoms with Gasteiger partial charge in [0.25, 0.3) is 0 Å². The zero-order valence-electron chi connectivity index (χ0n) is 11.1. The van der Waals surface area contributed by atoms with Crippen molar-refractivity contribution >= 4 is 17.5 Å². The van der Waals surface area contributed by atoms with Crippen LogP contribution in [0.15, 0.2) is 6.20 Å². The van der Waals surface area contributed by atoms with Crippen LogP contribution in [0.25, 0.3) is 0 Å². The minimum absolute atomic E-state index is 0.0704. The van der Waals surface area contributed by atoms with Crippen LogP contribution in [0.3, 0.4) is 0 Å². The van der Waals surface area contributed by atoms with Gasteiger partial charge in [0.05, 0.1) is 4.92 Å². The van der Waals surface area contributed by atoms with Crippen molar-refractivity contribution in [2.45, 2.75) is 44.6 Å². The maximum absolute atomic E-state index is 11.0. The molecule has 1 heterocycles. The van der Waals surface area contributed by atoms with E-state index in [4.69, 9.17) is 5.73 Å². The number of nitro groups is 1. The molecule has 0 unspecified atom stereocenters. The van der Waals surface area contributed by atoms with Gasteiger partial charge in [0.15, 0.2) is 0 Å². The van der Waals surface area contributed by atoms with E-state index in [0.29, 0.717) is 5.82 Å². The maximum Gasteiger partial charge on any atom is 0.329 e. The Kier molecular flexibility index (Phi) is 4.13. The second kappa shape index (κ2) is 5.81. The van der Waals surface area contributed by atoms with Gasteiger partial charge in [-0.3, -0.25) is 10.1 Å². The van der Waals surface area contributed by atoms with E-state index in [2.05, 4.69) is 9.97 Å². The number of hydrogen-bond acceptors (Lipinski definition) is 6. The van der Waals surface area contributed by atoms with Crippen molar-refractivity contribution in [3.8, 4) is 0 Å². The van der Waals surface area contributed by atoms with Crippen molar-refractivity contribution in [3.63, 3.8) is 0 Å². The molecule has 19 heavy (non-hydrogen) atoms. The van der Waals surface area contributed by atoms with Crippen molar-refractivity contribution in [1.82, 2.24) is 9.97 Å². The first kappa shape index (κ1) is 13.5. The predicted octanol–water partition coefficient (Wildman–Crippen LogP) is 2.13. The quantitative estimate of drug-likeness (QED) is 0.510. The third-order valence-corrected chi connectivity index (χ3v) is 3.67. The molecular weight excluding hydrogens is 246 g/mol. The molecule has 0 aliphatic heterocycles. The lowest BCUT2D eigenvalue weighted by Gasteiger charge is -2.27. The number of rotatable bonds is 3. The predicted molar refractivity (Wildman–Crippen MR) is 73.0 cm³/mol. The largest absolute Gasteiger partial charge is 0.368 e. The average molecular weight is 265 g/mol. The first-order valence-electron chi connectivity index (χ1n) is 6.59. The Morgan fingerprint density at radius 3 is 2.58 bits per heavy atom. The summed E-state index contributed by atoms with van der Waals surface area (Å²) in [5.74, 6) is 0.394. The minimum Gasteiger partial charge on any atom is -0.368 e. The van der Waals surface area contributed by atoms with Gasteiger partial charge >= 0.3 is 5.69 Å². The van der Waals surface area contributed by atoms with Crippen molar-refractivity contribution in [2.75, 3.05) is 17.7 Å². The molecule has 0 atom stereocenters. The highest BCUT2D eigenvalue weighted by molar-refractivity contribution is 5.58. The van der Waals surface area contributed by atoms with Crippen molar-refractivity contribution in [2.24, 2.45) is 0 Å². The van der Waals surface area contributed by atoms with E-state index in [1.54, 1.807) is 0 Å². The summed E-state index contributed by atoms with van der Waals surface area (Å²) >= 11 is 0. The standard InChI is InChI=1S/C12H19N5O2/c1-16(9-6-4-2-3-5-7-9)11-10(17(18)19)8-14-12(13)15-11/h8-9H,2-7H2,1H3,(H2,13,14,15). The van der Waals surface area contributed by atoms with Crippen molar-refractivity contribution < 1.29 is 4.92 Å². The van der Waals surface area contributed by atoms with Gasteiger partial charge in [0.1, 0.15) is 6.20 Å². The van der Waals surface area contributed by atoms with Crippen molar-refractivity contribution in [1.29, 1.82) is 0 Å². The van der Waals surface area contributed by atoms with Gasteiger partial charge in [0.2, 0.25) is 11.8 Å². The molecule has 0 amide bonds. The Morgan fingerprint density at radius 1 is 1.37 bits per heavy atom. The van der Waals surface area contributed by atoms with Crippen LogP contribution in [0, 0.1) is 10.1 Å². The van der Waals surface area contributed by atoms with E-state index >= 15 is 0 Å². The topological polar surface area (TPSA) is 98.2 Å². The van der Waals surface area contributed by atoms with E-state index in [0.717, 1.165) is 25.7 Å². The van der Waals surface area contributed by atoms with E-state index in [-0.39, 0.29) is 17.7 Å². The molecule has 0 radical (unpaired) electrons. The zero-order chi connectivity index (χ0) is 13.8. The SMILES string of the molecule is CN(c1nc(N)ncc1[N+](=O)[O-])C1CCCCCC1. The zero-order valence-corrected chi connectivity index (χ0v) is 11.1. The van der Waals surface area contributed by atoms with Gasteiger partial charge in [-0.15, -0.1) is 0 Å². The fourth-order valence-electron chi connectivity index (χ4n) is 2.59. The molecule has 0 aromatic carbocycles. The monoisotopic (exact) mass is 265 g/mol. The van der Waals surface area contributed by atoms with Crippen LogP contribution >= 0.6 is 0 Å². The smallest absolute Gasteiger partial charge is 0.329 e. The molecule has 7 heteroatoms. The number of hydrogen-bond donors (Lipinski definition) is 1. The van der Waals surface area contributed by atoms with E-state index < -0.39 is 4.92 Å². The molecule has 1 fully saturated rings. The number of nitrogens with two attached hydrogens (primary N) is 1. The van der Waals surface area contributed by atoms with Crippen molar-refractivity contribution in [3.05, 3.63) is 16.3 Å². The summed E-state index contributed by atoms with van der Waals surface area (Å²) in [6.07, 6.45) is 8.05. The Bertz CT molecular complexity index is 457. The number of nitrogen functional groups attached to an aromatic ring is 1. The fourth-order valence-corrected chi connectivity index (χ4v) is 2.59. The molecule has 2 rings (SSSR count). The number of aromatic nitrogens is 2. The van der Waals surface area contributed by atoms with E-state index in [1.807, 2.05) is 11.9 Å². The molecule has 1 aromatic heterocycles. The van der Waals surface area contributed by atoms with Crippen LogP contribution in [-0.4, -0.2) is 28.0 Å². The second-order valence-corrected chi connectivity index (χ2v) is 4.95. The summed E-state index contributed by atoms with van der Waals surface area (Å²) in [5, 5.41) is 11.0. The summed E-state index contributed by atoms with van der Waals surface area (Å²) in [5.41, 5.74) is 5.47. The van der Waals surface area contributed by atoms with Gasteiger partial charge in [-0.2, -0.15) is 4.98 Å². The van der Waals surface area contributed by atoms with Crippen LogP contribution in [-0.2, 0) is 0 Å². The van der Waals surface area contributed by atoms with Crippen LogP contribution in [0.2, 0.25) is 0 Å². The van der Waals surface area contributed by atoms with Crippen LogP contribution in [0.5, 0.6) is 0 Å². The van der Waals surface area contributed by atoms with Crippen LogP contribution < -0.4 is 10.6 Å². The highest BCUT2D eigenvalue weighted by atomic mass is 16.6. The molecule has 104 valence electrons. The Hall–Kier alpha value is -1.92. The lowest BCUT2D eigenvalue weighted by Crippen LogP contribution is -2.32. The van der Waals surface area contributed by atoms with Gasteiger partial charge in [-0.25, -0.2) is 4.98 Å². The minimum atomic E-state index is -0.456. The Labute approximate surface area is 112 Å². The summed E-state index contributed by atoms with van der Waals surface area (Å²) in [4.78, 5) is 20.2. The molecule has 0 spiro atoms. The summed E-state index contributed by atoms with van der Waals surface area (Å²) < 4.78 is 0. The lowest BCUT2D eigenvalue weighted by atomic mass is 10.1. The molecule has 2 N–H and O–H groups in total. The van der Waals surface area contributed by atoms with Gasteiger partial charge in [0, 0.05) is 13.1 Å². The average Bonchev–Trinajstić information content (AvgIpc) is 2.66. The Morgan fingerprint density at radius 2 is 2.00 bits per heavy atom. The number of anilines is 2.